The fraction of sp³-hybridized carbons (Fsp3) is 0.167. The van der Waals surface area contributed by atoms with Crippen LogP contribution in [-0.2, 0) is 32.5 Å². The molecule has 2 N–H and O–H groups in total. The van der Waals surface area contributed by atoms with Crippen LogP contribution in [0.2, 0.25) is 0 Å². The van der Waals surface area contributed by atoms with Crippen molar-refractivity contribution in [3.05, 3.63) is 59.5 Å². The molecule has 0 saturated carbocycles. The molecule has 3 rings (SSSR count). The average Bonchev–Trinajstić information content (AvgIpc) is 2.92. The quantitative estimate of drug-likeness (QED) is 0.569. The van der Waals surface area contributed by atoms with Crippen LogP contribution in [-0.4, -0.2) is 39.3 Å². The van der Waals surface area contributed by atoms with Gasteiger partial charge in [-0.05, 0) is 48.9 Å². The number of halogens is 1. The molecule has 1 heterocycles. The minimum atomic E-state index is -4.21. The summed E-state index contributed by atoms with van der Waals surface area (Å²) in [4.78, 5) is 11.1. The lowest BCUT2D eigenvalue weighted by atomic mass is 10.1. The zero-order chi connectivity index (χ0) is 21.5. The normalized spacial score (nSPS) is 12.8. The molecule has 0 aliphatic heterocycles. The highest BCUT2D eigenvalue weighted by Crippen LogP contribution is 2.32. The molecule has 1 atom stereocenters. The lowest BCUT2D eigenvalue weighted by Gasteiger charge is -2.16. The van der Waals surface area contributed by atoms with Gasteiger partial charge in [0.1, 0.15) is 5.82 Å². The SMILES string of the molecule is Cc1c(CC(=O)O)c2cc(F)ccc2n1S(=O)(=O)c1cccc(N(C)S(=O)O)c1. The van der Waals surface area contributed by atoms with Gasteiger partial charge >= 0.3 is 5.97 Å². The van der Waals surface area contributed by atoms with E-state index in [1.807, 2.05) is 0 Å². The molecule has 3 aromatic rings. The number of hydrogen-bond acceptors (Lipinski definition) is 4. The number of aliphatic carboxylic acids is 1. The van der Waals surface area contributed by atoms with E-state index < -0.39 is 39.5 Å². The minimum Gasteiger partial charge on any atom is -0.481 e. The van der Waals surface area contributed by atoms with Gasteiger partial charge in [-0.25, -0.2) is 21.0 Å². The van der Waals surface area contributed by atoms with Crippen LogP contribution in [0, 0.1) is 12.7 Å². The molecule has 0 radical (unpaired) electrons. The molecule has 8 nitrogen and oxygen atoms in total. The Bertz CT molecular complexity index is 1250. The summed E-state index contributed by atoms with van der Waals surface area (Å²) in [5, 5.41) is 9.38. The highest BCUT2D eigenvalue weighted by atomic mass is 32.2. The van der Waals surface area contributed by atoms with Crippen LogP contribution in [0.4, 0.5) is 10.1 Å². The molecule has 0 amide bonds. The molecule has 29 heavy (non-hydrogen) atoms. The number of benzene rings is 2. The first-order valence-electron chi connectivity index (χ1n) is 8.25. The van der Waals surface area contributed by atoms with E-state index in [1.54, 1.807) is 0 Å². The Morgan fingerprint density at radius 2 is 1.93 bits per heavy atom. The maximum atomic E-state index is 13.8. The average molecular weight is 440 g/mol. The summed E-state index contributed by atoms with van der Waals surface area (Å²) in [7, 11) is -2.89. The third-order valence-corrected chi connectivity index (χ3v) is 7.01. The molecule has 2 aromatic carbocycles. The first-order chi connectivity index (χ1) is 13.5. The summed E-state index contributed by atoms with van der Waals surface area (Å²) in [5.74, 6) is -1.80. The summed E-state index contributed by atoms with van der Waals surface area (Å²) in [6.45, 7) is 1.45. The first-order valence-corrected chi connectivity index (χ1v) is 10.8. The van der Waals surface area contributed by atoms with Gasteiger partial charge in [0.25, 0.3) is 21.3 Å². The van der Waals surface area contributed by atoms with E-state index in [0.29, 0.717) is 0 Å². The zero-order valence-corrected chi connectivity index (χ0v) is 17.0. The topological polar surface area (TPSA) is 117 Å². The van der Waals surface area contributed by atoms with Gasteiger partial charge < -0.3 is 5.11 Å². The maximum absolute atomic E-state index is 13.8. The fourth-order valence-electron chi connectivity index (χ4n) is 3.14. The Kier molecular flexibility index (Phi) is 5.48. The Hall–Kier alpha value is -2.76. The minimum absolute atomic E-state index is 0.143. The van der Waals surface area contributed by atoms with E-state index in [0.717, 1.165) is 20.4 Å². The Labute approximate surface area is 168 Å². The molecule has 0 aliphatic rings. The molecular formula is C18H17FN2O6S2. The van der Waals surface area contributed by atoms with E-state index in [1.165, 1.54) is 44.3 Å². The van der Waals surface area contributed by atoms with Crippen LogP contribution in [0.5, 0.6) is 0 Å². The number of carboxylic acid groups (broad SMARTS) is 1. The van der Waals surface area contributed by atoms with Crippen molar-refractivity contribution >= 4 is 43.8 Å². The van der Waals surface area contributed by atoms with Gasteiger partial charge in [0, 0.05) is 18.1 Å². The van der Waals surface area contributed by atoms with Gasteiger partial charge in [-0.3, -0.25) is 13.7 Å². The van der Waals surface area contributed by atoms with Crippen molar-refractivity contribution in [3.63, 3.8) is 0 Å². The van der Waals surface area contributed by atoms with Crippen molar-refractivity contribution in [1.29, 1.82) is 0 Å². The molecule has 1 unspecified atom stereocenters. The van der Waals surface area contributed by atoms with Crippen molar-refractivity contribution in [2.24, 2.45) is 0 Å². The second-order valence-corrected chi connectivity index (χ2v) is 9.09. The van der Waals surface area contributed by atoms with Gasteiger partial charge in [-0.15, -0.1) is 0 Å². The van der Waals surface area contributed by atoms with Crippen LogP contribution >= 0.6 is 0 Å². The van der Waals surface area contributed by atoms with Crippen LogP contribution in [0.15, 0.2) is 47.4 Å². The van der Waals surface area contributed by atoms with Crippen molar-refractivity contribution in [1.82, 2.24) is 3.97 Å². The van der Waals surface area contributed by atoms with Crippen molar-refractivity contribution < 1.29 is 31.5 Å². The van der Waals surface area contributed by atoms with Gasteiger partial charge in [0.15, 0.2) is 0 Å². The third kappa shape index (κ3) is 3.76. The van der Waals surface area contributed by atoms with Crippen molar-refractivity contribution in [3.8, 4) is 0 Å². The standard InChI is InChI=1S/C18H17FN2O6S2/c1-11-15(10-18(22)23)16-8-12(19)6-7-17(16)21(11)29(26,27)14-5-3-4-13(9-14)20(2)28(24)25/h3-9H,10H2,1-2H3,(H,22,23)(H,24,25). The van der Waals surface area contributed by atoms with Crippen LogP contribution < -0.4 is 4.31 Å². The van der Waals surface area contributed by atoms with E-state index in [9.17, 15) is 31.5 Å². The number of carbonyl (C=O) groups is 1. The number of hydrogen-bond donors (Lipinski definition) is 2. The monoisotopic (exact) mass is 440 g/mol. The Morgan fingerprint density at radius 1 is 1.24 bits per heavy atom. The van der Waals surface area contributed by atoms with E-state index in [2.05, 4.69) is 0 Å². The summed E-state index contributed by atoms with van der Waals surface area (Å²) in [5.41, 5.74) is 0.681. The number of rotatable bonds is 6. The second-order valence-electron chi connectivity index (χ2n) is 6.29. The van der Waals surface area contributed by atoms with Crippen molar-refractivity contribution in [2.75, 3.05) is 11.4 Å². The molecule has 0 bridgehead atoms. The molecule has 0 spiro atoms. The van der Waals surface area contributed by atoms with E-state index in [4.69, 9.17) is 0 Å². The Morgan fingerprint density at radius 3 is 2.55 bits per heavy atom. The maximum Gasteiger partial charge on any atom is 0.307 e. The molecule has 0 aliphatic carbocycles. The van der Waals surface area contributed by atoms with Gasteiger partial charge in [-0.1, -0.05) is 6.07 Å². The number of aromatic nitrogens is 1. The van der Waals surface area contributed by atoms with E-state index >= 15 is 0 Å². The molecule has 0 fully saturated rings. The zero-order valence-electron chi connectivity index (χ0n) is 15.4. The third-order valence-electron chi connectivity index (χ3n) is 4.53. The number of carboxylic acids is 1. The number of fused-ring (bicyclic) bond motifs is 1. The molecule has 154 valence electrons. The number of anilines is 1. The summed E-state index contributed by atoms with van der Waals surface area (Å²) >= 11 is -2.35. The summed E-state index contributed by atoms with van der Waals surface area (Å²) in [6, 6.07) is 8.92. The lowest BCUT2D eigenvalue weighted by molar-refractivity contribution is -0.136. The molecule has 11 heteroatoms. The lowest BCUT2D eigenvalue weighted by Crippen LogP contribution is -2.20. The summed E-state index contributed by atoms with van der Waals surface area (Å²) in [6.07, 6.45) is -0.472. The smallest absolute Gasteiger partial charge is 0.307 e. The Balaban J connectivity index is 2.28. The molecular weight excluding hydrogens is 423 g/mol. The van der Waals surface area contributed by atoms with E-state index in [-0.39, 0.29) is 32.7 Å². The van der Waals surface area contributed by atoms with Gasteiger partial charge in [0.2, 0.25) is 0 Å². The largest absolute Gasteiger partial charge is 0.481 e. The number of nitrogens with zero attached hydrogens (tertiary/aromatic N) is 2. The first kappa shape index (κ1) is 21.0. The second kappa shape index (κ2) is 7.58. The van der Waals surface area contributed by atoms with Gasteiger partial charge in [-0.2, -0.15) is 0 Å². The molecule has 1 aromatic heterocycles. The highest BCUT2D eigenvalue weighted by Gasteiger charge is 2.26. The van der Waals surface area contributed by atoms with Gasteiger partial charge in [0.05, 0.1) is 22.5 Å². The summed E-state index contributed by atoms with van der Waals surface area (Å²) < 4.78 is 63.0. The predicted octanol–water partition coefficient (Wildman–Crippen LogP) is 2.53. The van der Waals surface area contributed by atoms with Crippen LogP contribution in [0.1, 0.15) is 11.3 Å². The van der Waals surface area contributed by atoms with Crippen molar-refractivity contribution in [2.45, 2.75) is 18.2 Å². The van der Waals surface area contributed by atoms with Crippen LogP contribution in [0.3, 0.4) is 0 Å². The highest BCUT2D eigenvalue weighted by molar-refractivity contribution is 7.90. The predicted molar refractivity (Wildman–Crippen MR) is 106 cm³/mol. The molecule has 0 saturated heterocycles. The fourth-order valence-corrected chi connectivity index (χ4v) is 5.06. The van der Waals surface area contributed by atoms with Crippen LogP contribution in [0.25, 0.3) is 10.9 Å².